The second-order valence-corrected chi connectivity index (χ2v) is 17.6. The van der Waals surface area contributed by atoms with Gasteiger partial charge in [-0.3, -0.25) is 0 Å². The third-order valence-corrected chi connectivity index (χ3v) is 14.5. The largest absolute Gasteiger partial charge is 0.309 e. The Morgan fingerprint density at radius 2 is 0.898 bits per heavy atom. The van der Waals surface area contributed by atoms with Crippen molar-refractivity contribution in [2.24, 2.45) is 11.8 Å². The smallest absolute Gasteiger partial charge is 0.0541 e. The lowest BCUT2D eigenvalue weighted by Crippen LogP contribution is -2.28. The van der Waals surface area contributed by atoms with Crippen LogP contribution in [-0.4, -0.2) is 9.13 Å². The number of benzene rings is 9. The molecule has 1 saturated carbocycles. The summed E-state index contributed by atoms with van der Waals surface area (Å²) in [5.74, 6) is 2.43. The Balaban J connectivity index is 0.953. The summed E-state index contributed by atoms with van der Waals surface area (Å²) >= 11 is 0. The average Bonchev–Trinajstić information content (AvgIpc) is 3.81. The van der Waals surface area contributed by atoms with Crippen LogP contribution in [0.1, 0.15) is 49.7 Å². The van der Waals surface area contributed by atoms with Crippen LogP contribution in [0.3, 0.4) is 0 Å². The Morgan fingerprint density at radius 3 is 1.49 bits per heavy atom. The lowest BCUT2D eigenvalue weighted by atomic mass is 9.65. The molecule has 3 atom stereocenters. The Bertz CT molecular complexity index is 3490. The Morgan fingerprint density at radius 1 is 0.407 bits per heavy atom. The first-order valence-electron chi connectivity index (χ1n) is 21.7. The van der Waals surface area contributed by atoms with Gasteiger partial charge in [-0.2, -0.15) is 0 Å². The summed E-state index contributed by atoms with van der Waals surface area (Å²) in [7, 11) is 0. The van der Waals surface area contributed by atoms with Gasteiger partial charge < -0.3 is 9.13 Å². The van der Waals surface area contributed by atoms with Crippen molar-refractivity contribution in [1.29, 1.82) is 0 Å². The van der Waals surface area contributed by atoms with E-state index in [0.29, 0.717) is 5.92 Å². The first-order valence-corrected chi connectivity index (χ1v) is 21.7. The summed E-state index contributed by atoms with van der Waals surface area (Å²) in [5.41, 5.74) is 13.1. The minimum atomic E-state index is 0.699. The van der Waals surface area contributed by atoms with Crippen LogP contribution in [0.5, 0.6) is 0 Å². The highest BCUT2D eigenvalue weighted by atomic mass is 15.0. The fraction of sp³-hybridized carbons (Fsp3) is 0.158. The zero-order chi connectivity index (χ0) is 38.8. The molecule has 2 nitrogen and oxygen atoms in total. The van der Waals surface area contributed by atoms with Gasteiger partial charge in [-0.15, -0.1) is 0 Å². The molecule has 59 heavy (non-hydrogen) atoms. The van der Waals surface area contributed by atoms with E-state index in [1.807, 2.05) is 0 Å². The molecule has 2 aliphatic carbocycles. The van der Waals surface area contributed by atoms with Gasteiger partial charge >= 0.3 is 0 Å². The SMILES string of the molecule is CCC1CC2Cc3ccc(-n4c5ccccc5c5cc(-c6ccc7c(c6)c6ccccc6n7-c6ccc7c8ccccc8c8ccccc8c7c6)ccc54)cc3C(C1)C2. The maximum Gasteiger partial charge on any atom is 0.0541 e. The number of fused-ring (bicyclic) bond motifs is 16. The van der Waals surface area contributed by atoms with Crippen molar-refractivity contribution < 1.29 is 0 Å². The van der Waals surface area contributed by atoms with Crippen LogP contribution in [0.2, 0.25) is 0 Å². The predicted molar refractivity (Wildman–Crippen MR) is 251 cm³/mol. The van der Waals surface area contributed by atoms with Crippen molar-refractivity contribution in [2.75, 3.05) is 0 Å². The molecule has 0 N–H and O–H groups in total. The number of rotatable bonds is 4. The molecule has 0 spiro atoms. The first kappa shape index (κ1) is 33.3. The van der Waals surface area contributed by atoms with E-state index < -0.39 is 0 Å². The van der Waals surface area contributed by atoms with Crippen LogP contribution < -0.4 is 0 Å². The van der Waals surface area contributed by atoms with Crippen molar-refractivity contribution in [3.63, 3.8) is 0 Å². The van der Waals surface area contributed by atoms with Gasteiger partial charge in [0.2, 0.25) is 0 Å². The van der Waals surface area contributed by atoms with Gasteiger partial charge in [-0.25, -0.2) is 0 Å². The van der Waals surface area contributed by atoms with Crippen molar-refractivity contribution in [3.8, 4) is 22.5 Å². The van der Waals surface area contributed by atoms with Gasteiger partial charge in [0.1, 0.15) is 0 Å². The molecule has 2 aromatic heterocycles. The number of para-hydroxylation sites is 2. The van der Waals surface area contributed by atoms with E-state index in [-0.39, 0.29) is 0 Å². The van der Waals surface area contributed by atoms with E-state index in [9.17, 15) is 0 Å². The molecule has 0 aliphatic heterocycles. The minimum Gasteiger partial charge on any atom is -0.309 e. The molecule has 0 amide bonds. The normalized spacial score (nSPS) is 17.9. The van der Waals surface area contributed by atoms with Crippen molar-refractivity contribution in [3.05, 3.63) is 181 Å². The Labute approximate surface area is 343 Å². The highest BCUT2D eigenvalue weighted by Gasteiger charge is 2.34. The number of hydrogen-bond acceptors (Lipinski definition) is 0. The standard InChI is InChI=1S/C57H44N2/c1-2-35-27-36-29-39-19-22-41(33-50(39)40(28-35)30-36)58-54-17-9-7-15-48(54)52-31-37(20-25-56(52)58)38-21-26-57-53(32-38)49-16-8-10-18-55(49)59(57)42-23-24-47-45-13-4-3-11-43(45)44-12-5-6-14-46(44)51(47)34-42/h3-26,31-36,40H,2,27-30H2,1H3. The van der Waals surface area contributed by atoms with E-state index in [1.54, 1.807) is 11.1 Å². The number of hydrogen-bond donors (Lipinski definition) is 0. The van der Waals surface area contributed by atoms with E-state index in [0.717, 1.165) is 11.8 Å². The van der Waals surface area contributed by atoms with Crippen LogP contribution in [0.4, 0.5) is 0 Å². The molecule has 3 unspecified atom stereocenters. The van der Waals surface area contributed by atoms with E-state index in [4.69, 9.17) is 0 Å². The Kier molecular flexibility index (Phi) is 7.17. The number of aromatic nitrogens is 2. The molecule has 2 aliphatic rings. The van der Waals surface area contributed by atoms with Gasteiger partial charge in [0.05, 0.1) is 22.1 Å². The molecule has 0 radical (unpaired) electrons. The van der Waals surface area contributed by atoms with Crippen LogP contribution in [0, 0.1) is 11.8 Å². The zero-order valence-corrected chi connectivity index (χ0v) is 33.3. The van der Waals surface area contributed by atoms with E-state index in [1.165, 1.54) is 131 Å². The minimum absolute atomic E-state index is 0.699. The maximum absolute atomic E-state index is 2.55. The lowest BCUT2D eigenvalue weighted by molar-refractivity contribution is 0.217. The fourth-order valence-corrected chi connectivity index (χ4v) is 11.8. The highest BCUT2D eigenvalue weighted by Crippen LogP contribution is 2.48. The summed E-state index contributed by atoms with van der Waals surface area (Å²) in [6.07, 6.45) is 6.69. The lowest BCUT2D eigenvalue weighted by Gasteiger charge is -2.40. The summed E-state index contributed by atoms with van der Waals surface area (Å²) in [4.78, 5) is 0. The molecule has 0 saturated heterocycles. The summed E-state index contributed by atoms with van der Waals surface area (Å²) in [5, 5.41) is 12.9. The molecule has 2 heterocycles. The predicted octanol–water partition coefficient (Wildman–Crippen LogP) is 15.5. The van der Waals surface area contributed by atoms with Crippen LogP contribution in [0.15, 0.2) is 170 Å². The van der Waals surface area contributed by atoms with Crippen molar-refractivity contribution in [2.45, 2.75) is 44.9 Å². The molecule has 2 heteroatoms. The molecule has 2 bridgehead atoms. The second kappa shape index (κ2) is 12.7. The van der Waals surface area contributed by atoms with E-state index in [2.05, 4.69) is 186 Å². The molecule has 9 aromatic carbocycles. The second-order valence-electron chi connectivity index (χ2n) is 17.6. The Hall–Kier alpha value is -6.64. The van der Waals surface area contributed by atoms with Gasteiger partial charge in [-0.1, -0.05) is 123 Å². The molecule has 11 aromatic rings. The molecule has 1 fully saturated rings. The summed E-state index contributed by atoms with van der Waals surface area (Å²) in [6.45, 7) is 2.39. The molecular weight excluding hydrogens is 713 g/mol. The summed E-state index contributed by atoms with van der Waals surface area (Å²) in [6, 6.07) is 64.3. The third kappa shape index (κ3) is 4.93. The topological polar surface area (TPSA) is 9.86 Å². The monoisotopic (exact) mass is 756 g/mol. The molecular formula is C57H44N2. The maximum atomic E-state index is 2.55. The van der Waals surface area contributed by atoms with Gasteiger partial charge in [-0.05, 0) is 159 Å². The number of nitrogens with zero attached hydrogens (tertiary/aromatic N) is 2. The van der Waals surface area contributed by atoms with Gasteiger partial charge in [0.15, 0.2) is 0 Å². The molecule has 282 valence electrons. The third-order valence-electron chi connectivity index (χ3n) is 14.5. The van der Waals surface area contributed by atoms with Crippen molar-refractivity contribution in [1.82, 2.24) is 9.13 Å². The fourth-order valence-electron chi connectivity index (χ4n) is 11.8. The van der Waals surface area contributed by atoms with Crippen LogP contribution >= 0.6 is 0 Å². The van der Waals surface area contributed by atoms with Gasteiger partial charge in [0, 0.05) is 32.9 Å². The van der Waals surface area contributed by atoms with Crippen LogP contribution in [-0.2, 0) is 6.42 Å². The van der Waals surface area contributed by atoms with Crippen LogP contribution in [0.25, 0.3) is 98.4 Å². The quantitative estimate of drug-likeness (QED) is 0.158. The zero-order valence-electron chi connectivity index (χ0n) is 33.3. The van der Waals surface area contributed by atoms with Gasteiger partial charge in [0.25, 0.3) is 0 Å². The average molecular weight is 757 g/mol. The highest BCUT2D eigenvalue weighted by molar-refractivity contribution is 6.25. The first-order chi connectivity index (χ1) is 29.2. The molecule has 13 rings (SSSR count). The van der Waals surface area contributed by atoms with E-state index >= 15 is 0 Å². The van der Waals surface area contributed by atoms with Crippen molar-refractivity contribution >= 4 is 75.9 Å². The summed E-state index contributed by atoms with van der Waals surface area (Å²) < 4.78 is 4.98.